The summed E-state index contributed by atoms with van der Waals surface area (Å²) in [5, 5.41) is 31.5. The fourth-order valence-electron chi connectivity index (χ4n) is 6.46. The van der Waals surface area contributed by atoms with E-state index >= 15 is 0 Å². The molecule has 0 radical (unpaired) electrons. The molecule has 3 aromatic rings. The van der Waals surface area contributed by atoms with Crippen LogP contribution < -0.4 is 47.7 Å². The van der Waals surface area contributed by atoms with Crippen LogP contribution in [-0.2, 0) is 48.2 Å². The first kappa shape index (κ1) is 44.1. The molecule has 57 heavy (non-hydrogen) atoms. The highest BCUT2D eigenvalue weighted by atomic mass is 16.6. The molecule has 0 spiro atoms. The summed E-state index contributed by atoms with van der Waals surface area (Å²) >= 11 is 0. The lowest BCUT2D eigenvalue weighted by Gasteiger charge is -2.40. The molecular formula is C36H48N6O15. The number of hydrogen-bond donors (Lipinski definition) is 6. The summed E-state index contributed by atoms with van der Waals surface area (Å²) in [6.07, 6.45) is 3.72. The van der Waals surface area contributed by atoms with Gasteiger partial charge in [-0.05, 0) is 37.0 Å². The predicted octanol–water partition coefficient (Wildman–Crippen LogP) is -1.64. The maximum absolute atomic E-state index is 13.6. The van der Waals surface area contributed by atoms with Crippen LogP contribution in [-0.4, -0.2) is 106 Å². The van der Waals surface area contributed by atoms with E-state index in [1.54, 1.807) is 0 Å². The zero-order valence-electron chi connectivity index (χ0n) is 31.6. The summed E-state index contributed by atoms with van der Waals surface area (Å²) in [5.74, 6) is -10.1. The number of methoxy groups -OCH3 is 3. The quantitative estimate of drug-likeness (QED) is 0.0785. The molecule has 0 bridgehead atoms. The van der Waals surface area contributed by atoms with E-state index in [1.807, 2.05) is 0 Å². The van der Waals surface area contributed by atoms with E-state index in [0.717, 1.165) is 18.2 Å². The van der Waals surface area contributed by atoms with Crippen LogP contribution in [0, 0.1) is 17.8 Å². The van der Waals surface area contributed by atoms with Gasteiger partial charge in [0, 0.05) is 77.8 Å². The molecule has 9 N–H and O–H groups in total. The molecule has 21 heteroatoms. The van der Waals surface area contributed by atoms with Gasteiger partial charge < -0.3 is 74.6 Å². The van der Waals surface area contributed by atoms with Crippen molar-refractivity contribution in [2.75, 3.05) is 41.2 Å². The molecule has 0 aliphatic heterocycles. The van der Waals surface area contributed by atoms with Crippen LogP contribution in [0.2, 0.25) is 0 Å². The van der Waals surface area contributed by atoms with E-state index in [0.29, 0.717) is 0 Å². The highest BCUT2D eigenvalue weighted by Gasteiger charge is 2.44. The van der Waals surface area contributed by atoms with Crippen LogP contribution in [0.15, 0.2) is 51.2 Å². The Morgan fingerprint density at radius 3 is 1.04 bits per heavy atom. The number of aromatic nitrogens is 3. The van der Waals surface area contributed by atoms with Crippen molar-refractivity contribution in [3.63, 3.8) is 0 Å². The number of carbonyl (C=O) groups is 3. The van der Waals surface area contributed by atoms with Crippen molar-refractivity contribution in [2.24, 2.45) is 35.0 Å². The highest BCUT2D eigenvalue weighted by Crippen LogP contribution is 2.39. The molecule has 1 aliphatic rings. The van der Waals surface area contributed by atoms with Crippen molar-refractivity contribution < 1.29 is 58.1 Å². The Kier molecular flexibility index (Phi) is 15.5. The van der Waals surface area contributed by atoms with E-state index in [-0.39, 0.29) is 58.7 Å². The first-order chi connectivity index (χ1) is 27.1. The maximum Gasteiger partial charge on any atom is 0.329 e. The van der Waals surface area contributed by atoms with Crippen LogP contribution in [0.4, 0.5) is 0 Å². The second-order valence-electron chi connectivity index (χ2n) is 13.4. The number of nitrogens with zero attached hydrogens (tertiary/aromatic N) is 3. The van der Waals surface area contributed by atoms with E-state index in [2.05, 4.69) is 0 Å². The molecule has 1 fully saturated rings. The molecule has 1 aliphatic carbocycles. The summed E-state index contributed by atoms with van der Waals surface area (Å²) < 4.78 is 35.4. The average Bonchev–Trinajstić information content (AvgIpc) is 3.20. The number of ether oxygens (including phenoxy) is 6. The van der Waals surface area contributed by atoms with Gasteiger partial charge in [0.05, 0.1) is 19.8 Å². The smallest absolute Gasteiger partial charge is 0.329 e. The molecule has 1 saturated carbocycles. The van der Waals surface area contributed by atoms with Gasteiger partial charge in [0.1, 0.15) is 18.1 Å². The second kappa shape index (κ2) is 20.0. The Balaban J connectivity index is 1.66. The molecule has 3 unspecified atom stereocenters. The van der Waals surface area contributed by atoms with Gasteiger partial charge in [-0.25, -0.2) is 14.4 Å². The van der Waals surface area contributed by atoms with Gasteiger partial charge in [-0.2, -0.15) is 0 Å². The van der Waals surface area contributed by atoms with Gasteiger partial charge in [0.15, 0.2) is 0 Å². The van der Waals surface area contributed by atoms with Crippen molar-refractivity contribution >= 4 is 17.9 Å². The second-order valence-corrected chi connectivity index (χ2v) is 13.4. The molecule has 3 aromatic heterocycles. The van der Waals surface area contributed by atoms with E-state index in [9.17, 15) is 44.1 Å². The molecular weight excluding hydrogens is 756 g/mol. The summed E-state index contributed by atoms with van der Waals surface area (Å²) in [4.78, 5) is 77.6. The molecule has 4 rings (SSSR count). The Bertz CT molecular complexity index is 1840. The van der Waals surface area contributed by atoms with Crippen molar-refractivity contribution in [2.45, 2.75) is 57.0 Å². The Hall–Kier alpha value is -5.58. The van der Waals surface area contributed by atoms with Crippen molar-refractivity contribution in [1.29, 1.82) is 0 Å². The van der Waals surface area contributed by atoms with Gasteiger partial charge in [0.25, 0.3) is 0 Å². The highest BCUT2D eigenvalue weighted by molar-refractivity contribution is 5.81. The largest absolute Gasteiger partial charge is 0.500 e. The number of nitrogens with two attached hydrogens (primary N) is 3. The molecule has 21 nitrogen and oxygen atoms in total. The van der Waals surface area contributed by atoms with Crippen molar-refractivity contribution in [3.05, 3.63) is 67.5 Å². The fraction of sp³-hybridized carbons (Fsp3) is 0.500. The number of pyridine rings is 3. The third-order valence-corrected chi connectivity index (χ3v) is 9.67. The van der Waals surface area contributed by atoms with Crippen LogP contribution in [0.25, 0.3) is 0 Å². The van der Waals surface area contributed by atoms with Crippen LogP contribution in [0.1, 0.15) is 19.3 Å². The standard InChI is InChI=1S/C36H48N6O15/c1-52-13-10-40-7-4-22(43)28(46)31(40)55-34(49)25(37)19-16-20(26(38)35(50)56-32-29(47)23(44)5-8-41(32)11-14-53-2)18-21(17-19)27(39)36(51)57-33-30(48)24(45)6-9-42(33)12-15-54-3/h4-9,19-21,25-27,46-48H,10-18,37-39H2,1-3H3. The number of esters is 3. The number of hydrogen-bond acceptors (Lipinski definition) is 18. The minimum atomic E-state index is -1.51. The predicted molar refractivity (Wildman–Crippen MR) is 198 cm³/mol. The Morgan fingerprint density at radius 2 is 0.807 bits per heavy atom. The zero-order valence-corrected chi connectivity index (χ0v) is 31.6. The SMILES string of the molecule is COCCn1ccc(=O)c(O)c1OC(=O)C(N)C1CC(C(N)C(=O)Oc2c(O)c(=O)ccn2CCOC)CC(C(N)C(=O)Oc2c(O)c(=O)ccn2CCOC)C1. The van der Waals surface area contributed by atoms with E-state index in [4.69, 9.17) is 45.6 Å². The monoisotopic (exact) mass is 804 g/mol. The lowest BCUT2D eigenvalue weighted by atomic mass is 9.68. The van der Waals surface area contributed by atoms with Crippen molar-refractivity contribution in [1.82, 2.24) is 13.7 Å². The van der Waals surface area contributed by atoms with Crippen LogP contribution in [0.3, 0.4) is 0 Å². The molecule has 0 aromatic carbocycles. The maximum atomic E-state index is 13.6. The Labute approximate surface area is 325 Å². The third-order valence-electron chi connectivity index (χ3n) is 9.67. The first-order valence-corrected chi connectivity index (χ1v) is 17.8. The lowest BCUT2D eigenvalue weighted by Crippen LogP contribution is -2.53. The molecule has 0 amide bonds. The Morgan fingerprint density at radius 1 is 0.561 bits per heavy atom. The fourth-order valence-corrected chi connectivity index (χ4v) is 6.46. The molecule has 0 saturated heterocycles. The summed E-state index contributed by atoms with van der Waals surface area (Å²) in [6.45, 7) is 0.612. The summed E-state index contributed by atoms with van der Waals surface area (Å²) in [5.41, 5.74) is 16.9. The summed E-state index contributed by atoms with van der Waals surface area (Å²) in [7, 11) is 4.27. The van der Waals surface area contributed by atoms with Gasteiger partial charge in [0.2, 0.25) is 51.2 Å². The number of carbonyl (C=O) groups excluding carboxylic acids is 3. The number of aromatic hydroxyl groups is 3. The minimum absolute atomic E-state index is 0.0463. The normalized spacial score (nSPS) is 18.3. The van der Waals surface area contributed by atoms with Gasteiger partial charge in [-0.3, -0.25) is 14.4 Å². The first-order valence-electron chi connectivity index (χ1n) is 17.8. The third kappa shape index (κ3) is 10.6. The zero-order chi connectivity index (χ0) is 42.0. The summed E-state index contributed by atoms with van der Waals surface area (Å²) in [6, 6.07) is -1.33. The minimum Gasteiger partial charge on any atom is -0.500 e. The number of rotatable bonds is 18. The molecule has 3 heterocycles. The molecule has 312 valence electrons. The van der Waals surface area contributed by atoms with Crippen molar-refractivity contribution in [3.8, 4) is 34.9 Å². The van der Waals surface area contributed by atoms with E-state index < -0.39 is 105 Å². The topological polar surface area (TPSA) is 311 Å². The average molecular weight is 805 g/mol. The van der Waals surface area contributed by atoms with Gasteiger partial charge in [-0.1, -0.05) is 0 Å². The van der Waals surface area contributed by atoms with Crippen LogP contribution >= 0.6 is 0 Å². The van der Waals surface area contributed by atoms with Gasteiger partial charge in [-0.15, -0.1) is 0 Å². The van der Waals surface area contributed by atoms with E-state index in [1.165, 1.54) is 53.6 Å². The lowest BCUT2D eigenvalue weighted by molar-refractivity contribution is -0.140. The van der Waals surface area contributed by atoms with Gasteiger partial charge >= 0.3 is 17.9 Å². The van der Waals surface area contributed by atoms with Crippen LogP contribution in [0.5, 0.6) is 34.9 Å². The molecule has 3 atom stereocenters.